The second-order valence-corrected chi connectivity index (χ2v) is 9.91. The molecule has 34 heavy (non-hydrogen) atoms. The van der Waals surface area contributed by atoms with Gasteiger partial charge >= 0.3 is 0 Å². The van der Waals surface area contributed by atoms with Gasteiger partial charge in [-0.25, -0.2) is 12.8 Å². The van der Waals surface area contributed by atoms with Crippen LogP contribution < -0.4 is 10.1 Å². The van der Waals surface area contributed by atoms with Crippen molar-refractivity contribution < 1.29 is 27.1 Å². The number of halogens is 1. The SMILES string of the molecule is CCN(CC)S(=O)(=O)c1cc(C(=O)N2CCC(NC(=O)c3ccc(F)cc3)CC2)ccc1OC. The number of ether oxygens (including phenoxy) is 1. The number of hydrogen-bond donors (Lipinski definition) is 1. The van der Waals surface area contributed by atoms with Crippen LogP contribution in [-0.2, 0) is 10.0 Å². The van der Waals surface area contributed by atoms with Crippen LogP contribution in [0.4, 0.5) is 4.39 Å². The van der Waals surface area contributed by atoms with E-state index in [0.29, 0.717) is 44.6 Å². The summed E-state index contributed by atoms with van der Waals surface area (Å²) in [6, 6.07) is 9.64. The standard InChI is InChI=1S/C24H30FN3O5S/c1-4-28(5-2)34(31,32)22-16-18(8-11-21(22)33-3)24(30)27-14-12-20(13-15-27)26-23(29)17-6-9-19(25)10-7-17/h6-11,16,20H,4-5,12-15H2,1-3H3,(H,26,29). The number of carbonyl (C=O) groups is 2. The Morgan fingerprint density at radius 1 is 1.06 bits per heavy atom. The summed E-state index contributed by atoms with van der Waals surface area (Å²) in [5.41, 5.74) is 0.639. The molecule has 0 spiro atoms. The van der Waals surface area contributed by atoms with Crippen LogP contribution in [0, 0.1) is 5.82 Å². The zero-order valence-corrected chi connectivity index (χ0v) is 20.4. The summed E-state index contributed by atoms with van der Waals surface area (Å²) >= 11 is 0. The van der Waals surface area contributed by atoms with Gasteiger partial charge in [0, 0.05) is 43.3 Å². The van der Waals surface area contributed by atoms with Crippen LogP contribution in [0.5, 0.6) is 5.75 Å². The van der Waals surface area contributed by atoms with E-state index in [0.717, 1.165) is 0 Å². The molecule has 1 saturated heterocycles. The third kappa shape index (κ3) is 5.56. The van der Waals surface area contributed by atoms with Crippen molar-refractivity contribution in [1.82, 2.24) is 14.5 Å². The summed E-state index contributed by atoms with van der Waals surface area (Å²) < 4.78 is 45.8. The number of hydrogen-bond acceptors (Lipinski definition) is 5. The minimum atomic E-state index is -3.82. The van der Waals surface area contributed by atoms with E-state index in [-0.39, 0.29) is 34.1 Å². The zero-order valence-electron chi connectivity index (χ0n) is 19.6. The fourth-order valence-corrected chi connectivity index (χ4v) is 5.63. The number of sulfonamides is 1. The van der Waals surface area contributed by atoms with E-state index < -0.39 is 15.8 Å². The van der Waals surface area contributed by atoms with Gasteiger partial charge in [0.1, 0.15) is 16.5 Å². The predicted octanol–water partition coefficient (Wildman–Crippen LogP) is 2.90. The lowest BCUT2D eigenvalue weighted by atomic mass is 10.0. The predicted molar refractivity (Wildman–Crippen MR) is 126 cm³/mol. The summed E-state index contributed by atoms with van der Waals surface area (Å²) in [5.74, 6) is -0.784. The summed E-state index contributed by atoms with van der Waals surface area (Å²) in [7, 11) is -2.42. The number of rotatable bonds is 8. The molecule has 1 aliphatic rings. The molecule has 0 aliphatic carbocycles. The molecular formula is C24H30FN3O5S. The Hall–Kier alpha value is -2.98. The Morgan fingerprint density at radius 3 is 2.21 bits per heavy atom. The summed E-state index contributed by atoms with van der Waals surface area (Å²) in [6.07, 6.45) is 1.11. The lowest BCUT2D eigenvalue weighted by Gasteiger charge is -2.32. The first-order chi connectivity index (χ1) is 16.2. The lowest BCUT2D eigenvalue weighted by Crippen LogP contribution is -2.46. The van der Waals surface area contributed by atoms with Gasteiger partial charge in [-0.15, -0.1) is 0 Å². The van der Waals surface area contributed by atoms with Gasteiger partial charge < -0.3 is 15.0 Å². The van der Waals surface area contributed by atoms with Gasteiger partial charge in [-0.2, -0.15) is 4.31 Å². The minimum absolute atomic E-state index is 0.0361. The van der Waals surface area contributed by atoms with Gasteiger partial charge in [0.15, 0.2) is 0 Å². The molecule has 1 aliphatic heterocycles. The molecule has 0 saturated carbocycles. The number of piperidine rings is 1. The maximum atomic E-state index is 13.1. The van der Waals surface area contributed by atoms with Crippen LogP contribution in [0.25, 0.3) is 0 Å². The molecule has 2 aromatic rings. The first kappa shape index (κ1) is 25.6. The van der Waals surface area contributed by atoms with Gasteiger partial charge in [-0.05, 0) is 55.3 Å². The quantitative estimate of drug-likeness (QED) is 0.613. The van der Waals surface area contributed by atoms with Crippen molar-refractivity contribution >= 4 is 21.8 Å². The van der Waals surface area contributed by atoms with E-state index in [4.69, 9.17) is 4.74 Å². The Labute approximate surface area is 199 Å². The Bertz CT molecular complexity index is 1130. The molecule has 2 amide bonds. The topological polar surface area (TPSA) is 96.0 Å². The van der Waals surface area contributed by atoms with E-state index in [1.54, 1.807) is 24.8 Å². The number of amides is 2. The molecule has 8 nitrogen and oxygen atoms in total. The van der Waals surface area contributed by atoms with Gasteiger partial charge in [0.2, 0.25) is 10.0 Å². The van der Waals surface area contributed by atoms with E-state index in [9.17, 15) is 22.4 Å². The van der Waals surface area contributed by atoms with Crippen LogP contribution in [0.15, 0.2) is 47.4 Å². The Balaban J connectivity index is 1.69. The molecule has 0 radical (unpaired) electrons. The highest BCUT2D eigenvalue weighted by Crippen LogP contribution is 2.29. The van der Waals surface area contributed by atoms with Crippen molar-refractivity contribution in [2.24, 2.45) is 0 Å². The average molecular weight is 492 g/mol. The van der Waals surface area contributed by atoms with Gasteiger partial charge in [0.05, 0.1) is 7.11 Å². The van der Waals surface area contributed by atoms with Crippen LogP contribution in [0.1, 0.15) is 47.4 Å². The fourth-order valence-electron chi connectivity index (χ4n) is 3.99. The summed E-state index contributed by atoms with van der Waals surface area (Å²) in [6.45, 7) is 4.94. The highest BCUT2D eigenvalue weighted by Gasteiger charge is 2.29. The zero-order chi connectivity index (χ0) is 24.9. The van der Waals surface area contributed by atoms with Gasteiger partial charge in [-0.3, -0.25) is 9.59 Å². The number of carbonyl (C=O) groups excluding carboxylic acids is 2. The molecule has 2 aromatic carbocycles. The highest BCUT2D eigenvalue weighted by atomic mass is 32.2. The molecule has 0 atom stereocenters. The molecule has 10 heteroatoms. The van der Waals surface area contributed by atoms with Crippen LogP contribution >= 0.6 is 0 Å². The average Bonchev–Trinajstić information content (AvgIpc) is 2.84. The van der Waals surface area contributed by atoms with Crippen LogP contribution in [0.2, 0.25) is 0 Å². The third-order valence-corrected chi connectivity index (χ3v) is 8.03. The van der Waals surface area contributed by atoms with Crippen LogP contribution in [0.3, 0.4) is 0 Å². The Kier molecular flexibility index (Phi) is 8.27. The van der Waals surface area contributed by atoms with Crippen molar-refractivity contribution in [2.75, 3.05) is 33.3 Å². The molecule has 184 valence electrons. The first-order valence-electron chi connectivity index (χ1n) is 11.2. The second-order valence-electron chi connectivity index (χ2n) is 8.00. The molecule has 0 bridgehead atoms. The lowest BCUT2D eigenvalue weighted by molar-refractivity contribution is 0.0697. The fraction of sp³-hybridized carbons (Fsp3) is 0.417. The van der Waals surface area contributed by atoms with E-state index in [1.807, 2.05) is 0 Å². The smallest absolute Gasteiger partial charge is 0.253 e. The molecule has 3 rings (SSSR count). The summed E-state index contributed by atoms with van der Waals surface area (Å²) in [4.78, 5) is 27.1. The maximum absolute atomic E-state index is 13.1. The van der Waals surface area contributed by atoms with Gasteiger partial charge in [0.25, 0.3) is 11.8 Å². The number of methoxy groups -OCH3 is 1. The molecule has 1 fully saturated rings. The second kappa shape index (κ2) is 11.0. The largest absolute Gasteiger partial charge is 0.495 e. The number of likely N-dealkylation sites (tertiary alicyclic amines) is 1. The molecule has 1 heterocycles. The van der Waals surface area contributed by atoms with Crippen molar-refractivity contribution in [3.05, 3.63) is 59.4 Å². The van der Waals surface area contributed by atoms with Crippen molar-refractivity contribution in [3.8, 4) is 5.75 Å². The van der Waals surface area contributed by atoms with Gasteiger partial charge in [-0.1, -0.05) is 13.8 Å². The molecular weight excluding hydrogens is 461 g/mol. The molecule has 0 unspecified atom stereocenters. The normalized spacial score (nSPS) is 14.8. The first-order valence-corrected chi connectivity index (χ1v) is 12.7. The monoisotopic (exact) mass is 491 g/mol. The number of benzene rings is 2. The number of nitrogens with zero attached hydrogens (tertiary/aromatic N) is 2. The van der Waals surface area contributed by atoms with E-state index in [2.05, 4.69) is 5.32 Å². The van der Waals surface area contributed by atoms with Crippen LogP contribution in [-0.4, -0.2) is 68.8 Å². The maximum Gasteiger partial charge on any atom is 0.253 e. The van der Waals surface area contributed by atoms with Crippen molar-refractivity contribution in [1.29, 1.82) is 0 Å². The van der Waals surface area contributed by atoms with Crippen molar-refractivity contribution in [3.63, 3.8) is 0 Å². The highest BCUT2D eigenvalue weighted by molar-refractivity contribution is 7.89. The van der Waals surface area contributed by atoms with E-state index in [1.165, 1.54) is 47.8 Å². The third-order valence-electron chi connectivity index (χ3n) is 5.96. The minimum Gasteiger partial charge on any atom is -0.495 e. The number of nitrogens with one attached hydrogen (secondary N) is 1. The molecule has 1 N–H and O–H groups in total. The Morgan fingerprint density at radius 2 is 1.65 bits per heavy atom. The van der Waals surface area contributed by atoms with E-state index >= 15 is 0 Å². The molecule has 0 aromatic heterocycles. The van der Waals surface area contributed by atoms with Crippen molar-refractivity contribution in [2.45, 2.75) is 37.6 Å². The summed E-state index contributed by atoms with van der Waals surface area (Å²) in [5, 5.41) is 2.92.